The molecule has 0 spiro atoms. The van der Waals surface area contributed by atoms with Crippen molar-refractivity contribution in [2.45, 2.75) is 12.8 Å². The zero-order valence-electron chi connectivity index (χ0n) is 13.0. The van der Waals surface area contributed by atoms with Gasteiger partial charge in [-0.15, -0.1) is 0 Å². The molecular weight excluding hydrogens is 356 g/mol. The fraction of sp³-hybridized carbons (Fsp3) is 0.278. The molecule has 23 heavy (non-hydrogen) atoms. The van der Waals surface area contributed by atoms with Crippen LogP contribution in [0.5, 0.6) is 11.5 Å². The lowest BCUT2D eigenvalue weighted by Gasteiger charge is -2.19. The first-order valence-electron chi connectivity index (χ1n) is 7.63. The predicted octanol–water partition coefficient (Wildman–Crippen LogP) is 4.51. The van der Waals surface area contributed by atoms with Gasteiger partial charge < -0.3 is 14.7 Å². The summed E-state index contributed by atoms with van der Waals surface area (Å²) < 4.78 is 6.01. The summed E-state index contributed by atoms with van der Waals surface area (Å²) in [5, 5.41) is 10.2. The number of phenols is 1. The van der Waals surface area contributed by atoms with Crippen molar-refractivity contribution in [3.63, 3.8) is 0 Å². The van der Waals surface area contributed by atoms with Crippen molar-refractivity contribution in [1.29, 1.82) is 0 Å². The number of ether oxygens (including phenoxy) is 1. The van der Waals surface area contributed by atoms with Crippen molar-refractivity contribution in [3.8, 4) is 11.5 Å². The SMILES string of the molecule is COc1cc(Br)cc(C=Nc2ccccc2N2CCCC2)c1O. The van der Waals surface area contributed by atoms with Gasteiger partial charge in [0.25, 0.3) is 0 Å². The molecule has 3 rings (SSSR count). The van der Waals surface area contributed by atoms with Crippen LogP contribution in [0.1, 0.15) is 18.4 Å². The average molecular weight is 375 g/mol. The van der Waals surface area contributed by atoms with Crippen molar-refractivity contribution >= 4 is 33.5 Å². The van der Waals surface area contributed by atoms with Crippen LogP contribution in [0.25, 0.3) is 0 Å². The van der Waals surface area contributed by atoms with Crippen LogP contribution in [0, 0.1) is 0 Å². The highest BCUT2D eigenvalue weighted by Gasteiger charge is 2.15. The number of phenolic OH excluding ortho intramolecular Hbond substituents is 1. The number of aromatic hydroxyl groups is 1. The summed E-state index contributed by atoms with van der Waals surface area (Å²) in [5.41, 5.74) is 2.67. The number of methoxy groups -OCH3 is 1. The summed E-state index contributed by atoms with van der Waals surface area (Å²) in [5.74, 6) is 0.520. The van der Waals surface area contributed by atoms with Crippen molar-refractivity contribution in [2.24, 2.45) is 4.99 Å². The predicted molar refractivity (Wildman–Crippen MR) is 97.5 cm³/mol. The molecule has 1 N–H and O–H groups in total. The van der Waals surface area contributed by atoms with Gasteiger partial charge in [0.15, 0.2) is 11.5 Å². The third-order valence-electron chi connectivity index (χ3n) is 3.96. The molecule has 1 aliphatic rings. The van der Waals surface area contributed by atoms with E-state index in [2.05, 4.69) is 31.9 Å². The first-order valence-corrected chi connectivity index (χ1v) is 8.43. The van der Waals surface area contributed by atoms with E-state index in [0.717, 1.165) is 28.9 Å². The van der Waals surface area contributed by atoms with Crippen molar-refractivity contribution < 1.29 is 9.84 Å². The Hall–Kier alpha value is -2.01. The van der Waals surface area contributed by atoms with E-state index in [1.165, 1.54) is 20.0 Å². The highest BCUT2D eigenvalue weighted by molar-refractivity contribution is 9.10. The molecule has 2 aromatic rings. The van der Waals surface area contributed by atoms with Crippen LogP contribution in [0.2, 0.25) is 0 Å². The van der Waals surface area contributed by atoms with E-state index in [9.17, 15) is 5.11 Å². The van der Waals surface area contributed by atoms with Crippen LogP contribution in [0.3, 0.4) is 0 Å². The number of aliphatic imine (C=N–C) groups is 1. The maximum Gasteiger partial charge on any atom is 0.166 e. The second kappa shape index (κ2) is 7.04. The summed E-state index contributed by atoms with van der Waals surface area (Å²) in [6.45, 7) is 2.14. The molecule has 0 aliphatic carbocycles. The van der Waals surface area contributed by atoms with Crippen LogP contribution in [-0.2, 0) is 0 Å². The van der Waals surface area contributed by atoms with Crippen LogP contribution < -0.4 is 9.64 Å². The Morgan fingerprint density at radius 3 is 2.70 bits per heavy atom. The lowest BCUT2D eigenvalue weighted by molar-refractivity contribution is 0.373. The molecule has 1 saturated heterocycles. The van der Waals surface area contributed by atoms with Gasteiger partial charge in [0.05, 0.1) is 18.5 Å². The molecule has 0 unspecified atom stereocenters. The molecule has 2 aromatic carbocycles. The molecule has 0 radical (unpaired) electrons. The third kappa shape index (κ3) is 3.50. The smallest absolute Gasteiger partial charge is 0.166 e. The number of benzene rings is 2. The first kappa shape index (κ1) is 15.9. The lowest BCUT2D eigenvalue weighted by atomic mass is 10.2. The number of anilines is 1. The van der Waals surface area contributed by atoms with Gasteiger partial charge in [-0.3, -0.25) is 4.99 Å². The summed E-state index contributed by atoms with van der Waals surface area (Å²) in [6.07, 6.45) is 4.13. The van der Waals surface area contributed by atoms with Crippen LogP contribution >= 0.6 is 15.9 Å². The van der Waals surface area contributed by atoms with Gasteiger partial charge >= 0.3 is 0 Å². The number of rotatable bonds is 4. The number of para-hydroxylation sites is 2. The standard InChI is InChI=1S/C18H19BrN2O2/c1-23-17-11-14(19)10-13(18(17)22)12-20-15-6-2-3-7-16(15)21-8-4-5-9-21/h2-3,6-7,10-12,22H,4-5,8-9H2,1H3. The molecule has 4 nitrogen and oxygen atoms in total. The molecule has 120 valence electrons. The highest BCUT2D eigenvalue weighted by atomic mass is 79.9. The zero-order valence-corrected chi connectivity index (χ0v) is 14.6. The minimum absolute atomic E-state index is 0.0955. The minimum atomic E-state index is 0.0955. The fourth-order valence-electron chi connectivity index (χ4n) is 2.79. The maximum absolute atomic E-state index is 10.2. The Balaban J connectivity index is 1.93. The van der Waals surface area contributed by atoms with E-state index in [0.29, 0.717) is 11.3 Å². The van der Waals surface area contributed by atoms with Gasteiger partial charge in [0.1, 0.15) is 0 Å². The van der Waals surface area contributed by atoms with E-state index in [1.807, 2.05) is 24.3 Å². The molecule has 0 atom stereocenters. The molecule has 1 aliphatic heterocycles. The quantitative estimate of drug-likeness (QED) is 0.800. The summed E-state index contributed by atoms with van der Waals surface area (Å²) >= 11 is 3.42. The van der Waals surface area contributed by atoms with Gasteiger partial charge in [0.2, 0.25) is 0 Å². The topological polar surface area (TPSA) is 45.1 Å². The Morgan fingerprint density at radius 1 is 1.22 bits per heavy atom. The molecule has 0 saturated carbocycles. The summed E-state index contributed by atoms with van der Waals surface area (Å²) in [7, 11) is 1.53. The zero-order chi connectivity index (χ0) is 16.2. The number of hydrogen-bond acceptors (Lipinski definition) is 4. The second-order valence-electron chi connectivity index (χ2n) is 5.49. The largest absolute Gasteiger partial charge is 0.504 e. The van der Waals surface area contributed by atoms with Gasteiger partial charge in [-0.05, 0) is 37.1 Å². The Labute approximate surface area is 144 Å². The Morgan fingerprint density at radius 2 is 1.96 bits per heavy atom. The number of nitrogens with zero attached hydrogens (tertiary/aromatic N) is 2. The molecule has 1 fully saturated rings. The normalized spacial score (nSPS) is 14.6. The fourth-order valence-corrected chi connectivity index (χ4v) is 3.24. The van der Waals surface area contributed by atoms with Crippen LogP contribution in [0.4, 0.5) is 11.4 Å². The first-order chi connectivity index (χ1) is 11.2. The second-order valence-corrected chi connectivity index (χ2v) is 6.40. The molecular formula is C18H19BrN2O2. The molecule has 0 bridgehead atoms. The Bertz CT molecular complexity index is 725. The van der Waals surface area contributed by atoms with Gasteiger partial charge in [-0.1, -0.05) is 28.1 Å². The van der Waals surface area contributed by atoms with Crippen LogP contribution in [0.15, 0.2) is 45.9 Å². The molecule has 1 heterocycles. The third-order valence-corrected chi connectivity index (χ3v) is 4.42. The van der Waals surface area contributed by atoms with Gasteiger partial charge in [0, 0.05) is 29.3 Å². The lowest BCUT2D eigenvalue weighted by Crippen LogP contribution is -2.17. The van der Waals surface area contributed by atoms with Crippen molar-refractivity contribution in [3.05, 3.63) is 46.4 Å². The Kier molecular flexibility index (Phi) is 4.86. The van der Waals surface area contributed by atoms with Crippen molar-refractivity contribution in [2.75, 3.05) is 25.1 Å². The monoisotopic (exact) mass is 374 g/mol. The van der Waals surface area contributed by atoms with Gasteiger partial charge in [-0.25, -0.2) is 0 Å². The van der Waals surface area contributed by atoms with Gasteiger partial charge in [-0.2, -0.15) is 0 Å². The average Bonchev–Trinajstić information content (AvgIpc) is 3.10. The van der Waals surface area contributed by atoms with E-state index in [1.54, 1.807) is 12.3 Å². The van der Waals surface area contributed by atoms with E-state index in [4.69, 9.17) is 4.74 Å². The van der Waals surface area contributed by atoms with E-state index >= 15 is 0 Å². The highest BCUT2D eigenvalue weighted by Crippen LogP contribution is 2.34. The molecule has 0 amide bonds. The number of hydrogen-bond donors (Lipinski definition) is 1. The molecule has 5 heteroatoms. The number of halogens is 1. The minimum Gasteiger partial charge on any atom is -0.504 e. The van der Waals surface area contributed by atoms with Crippen LogP contribution in [-0.4, -0.2) is 31.5 Å². The summed E-state index contributed by atoms with van der Waals surface area (Å²) in [6, 6.07) is 11.7. The summed E-state index contributed by atoms with van der Waals surface area (Å²) in [4.78, 5) is 6.95. The van der Waals surface area contributed by atoms with Crippen molar-refractivity contribution in [1.82, 2.24) is 0 Å². The van der Waals surface area contributed by atoms with E-state index in [-0.39, 0.29) is 5.75 Å². The maximum atomic E-state index is 10.2. The van der Waals surface area contributed by atoms with E-state index < -0.39 is 0 Å². The molecule has 0 aromatic heterocycles.